The number of H-pyrrole nitrogens is 1. The Morgan fingerprint density at radius 2 is 2.08 bits per heavy atom. The molecule has 0 spiro atoms. The molecule has 0 fully saturated rings. The van der Waals surface area contributed by atoms with E-state index in [1.54, 1.807) is 6.92 Å². The quantitative estimate of drug-likeness (QED) is 0.722. The van der Waals surface area contributed by atoms with Crippen LogP contribution in [-0.4, -0.2) is 25.9 Å². The lowest BCUT2D eigenvalue weighted by Crippen LogP contribution is -2.25. The maximum Gasteiger partial charge on any atom is 0.264 e. The zero-order valence-corrected chi connectivity index (χ0v) is 14.3. The molecule has 0 saturated heterocycles. The van der Waals surface area contributed by atoms with Crippen LogP contribution in [0.2, 0.25) is 5.02 Å². The molecule has 1 amide bonds. The first kappa shape index (κ1) is 16.5. The summed E-state index contributed by atoms with van der Waals surface area (Å²) in [5.41, 5.74) is 1.30. The third-order valence-corrected chi connectivity index (χ3v) is 4.55. The van der Waals surface area contributed by atoms with Crippen LogP contribution in [0.5, 0.6) is 0 Å². The van der Waals surface area contributed by atoms with Gasteiger partial charge in [-0.1, -0.05) is 11.6 Å². The van der Waals surface area contributed by atoms with E-state index in [0.717, 1.165) is 0 Å². The number of hydrogen-bond acceptors (Lipinski definition) is 4. The van der Waals surface area contributed by atoms with Crippen molar-refractivity contribution in [1.29, 1.82) is 0 Å². The van der Waals surface area contributed by atoms with E-state index in [1.165, 1.54) is 35.0 Å². The highest BCUT2D eigenvalue weighted by atomic mass is 35.5. The highest BCUT2D eigenvalue weighted by Gasteiger charge is 2.34. The standard InChI is InChI=1S/C17H13ClFN5O2/c1-8-16-11(10-6-9(18)2-3-12(10)19)7-15(26)20-17(16)24(23-8)13-4-5-14(25)22-21-13/h2-6,11H,7H2,1H3,(H,20,26)(H,22,25). The van der Waals surface area contributed by atoms with Crippen molar-refractivity contribution in [2.75, 3.05) is 5.32 Å². The van der Waals surface area contributed by atoms with Gasteiger partial charge in [0.25, 0.3) is 5.56 Å². The molecule has 3 heterocycles. The zero-order valence-electron chi connectivity index (χ0n) is 13.6. The minimum atomic E-state index is -0.519. The van der Waals surface area contributed by atoms with Gasteiger partial charge in [0, 0.05) is 29.0 Å². The number of hydrogen-bond donors (Lipinski definition) is 2. The van der Waals surface area contributed by atoms with E-state index < -0.39 is 11.7 Å². The summed E-state index contributed by atoms with van der Waals surface area (Å²) in [4.78, 5) is 23.5. The molecule has 132 valence electrons. The number of carbonyl (C=O) groups is 1. The minimum absolute atomic E-state index is 0.0792. The maximum absolute atomic E-state index is 14.4. The number of aromatic nitrogens is 4. The molecule has 1 atom stereocenters. The molecular formula is C17H13ClFN5O2. The second-order valence-electron chi connectivity index (χ2n) is 6.01. The van der Waals surface area contributed by atoms with Crippen LogP contribution in [-0.2, 0) is 4.79 Å². The summed E-state index contributed by atoms with van der Waals surface area (Å²) in [7, 11) is 0. The number of fused-ring (bicyclic) bond motifs is 1. The molecule has 2 N–H and O–H groups in total. The van der Waals surface area contributed by atoms with Crippen LogP contribution in [0.4, 0.5) is 10.2 Å². The summed E-state index contributed by atoms with van der Waals surface area (Å²) in [6.07, 6.45) is 0.0792. The third-order valence-electron chi connectivity index (χ3n) is 4.32. The Hall–Kier alpha value is -3.00. The van der Waals surface area contributed by atoms with Crippen molar-refractivity contribution >= 4 is 23.3 Å². The van der Waals surface area contributed by atoms with Crippen molar-refractivity contribution < 1.29 is 9.18 Å². The lowest BCUT2D eigenvalue weighted by molar-refractivity contribution is -0.116. The van der Waals surface area contributed by atoms with E-state index in [0.29, 0.717) is 33.5 Å². The molecule has 1 unspecified atom stereocenters. The van der Waals surface area contributed by atoms with Crippen molar-refractivity contribution in [3.63, 3.8) is 0 Å². The smallest absolute Gasteiger partial charge is 0.264 e. The van der Waals surface area contributed by atoms with Gasteiger partial charge in [0.1, 0.15) is 11.6 Å². The molecule has 7 nitrogen and oxygen atoms in total. The van der Waals surface area contributed by atoms with Crippen molar-refractivity contribution in [2.45, 2.75) is 19.3 Å². The number of aryl methyl sites for hydroxylation is 1. The van der Waals surface area contributed by atoms with Crippen LogP contribution in [0, 0.1) is 12.7 Å². The minimum Gasteiger partial charge on any atom is -0.310 e. The second kappa shape index (κ2) is 6.06. The van der Waals surface area contributed by atoms with Gasteiger partial charge in [-0.25, -0.2) is 9.49 Å². The molecular weight excluding hydrogens is 361 g/mol. The topological polar surface area (TPSA) is 92.7 Å². The summed E-state index contributed by atoms with van der Waals surface area (Å²) in [5, 5.41) is 13.8. The number of benzene rings is 1. The molecule has 2 aromatic heterocycles. The molecule has 0 aliphatic carbocycles. The maximum atomic E-state index is 14.4. The van der Waals surface area contributed by atoms with Crippen molar-refractivity contribution in [3.05, 3.63) is 68.3 Å². The van der Waals surface area contributed by atoms with Gasteiger partial charge in [0.15, 0.2) is 5.82 Å². The van der Waals surface area contributed by atoms with Crippen LogP contribution in [0.25, 0.3) is 5.82 Å². The largest absolute Gasteiger partial charge is 0.310 e. The molecule has 9 heteroatoms. The van der Waals surface area contributed by atoms with Gasteiger partial charge in [0.05, 0.1) is 5.69 Å². The summed E-state index contributed by atoms with van der Waals surface area (Å²) >= 11 is 6.02. The summed E-state index contributed by atoms with van der Waals surface area (Å²) < 4.78 is 15.8. The first-order valence-corrected chi connectivity index (χ1v) is 8.22. The van der Waals surface area contributed by atoms with Crippen LogP contribution in [0.1, 0.15) is 29.2 Å². The SMILES string of the molecule is Cc1nn(-c2ccc(=O)[nH]n2)c2c1C(c1cc(Cl)ccc1F)CC(=O)N2. The second-order valence-corrected chi connectivity index (χ2v) is 6.45. The van der Waals surface area contributed by atoms with Gasteiger partial charge < -0.3 is 5.32 Å². The fraction of sp³-hybridized carbons (Fsp3) is 0.176. The Bertz CT molecular complexity index is 1070. The fourth-order valence-electron chi connectivity index (χ4n) is 3.22. The van der Waals surface area contributed by atoms with Gasteiger partial charge in [-0.3, -0.25) is 9.59 Å². The van der Waals surface area contributed by atoms with Gasteiger partial charge in [-0.2, -0.15) is 14.9 Å². The van der Waals surface area contributed by atoms with E-state index in [2.05, 4.69) is 20.6 Å². The Morgan fingerprint density at radius 3 is 2.81 bits per heavy atom. The van der Waals surface area contributed by atoms with Crippen LogP contribution >= 0.6 is 11.6 Å². The third kappa shape index (κ3) is 2.68. The van der Waals surface area contributed by atoms with E-state index in [4.69, 9.17) is 11.6 Å². The monoisotopic (exact) mass is 373 g/mol. The first-order chi connectivity index (χ1) is 12.4. The molecule has 0 saturated carbocycles. The Morgan fingerprint density at radius 1 is 1.27 bits per heavy atom. The highest BCUT2D eigenvalue weighted by Crippen LogP contribution is 2.41. The van der Waals surface area contributed by atoms with Crippen LogP contribution in [0.15, 0.2) is 35.1 Å². The number of amides is 1. The van der Waals surface area contributed by atoms with Gasteiger partial charge in [-0.15, -0.1) is 0 Å². The van der Waals surface area contributed by atoms with Gasteiger partial charge in [-0.05, 0) is 36.8 Å². The molecule has 26 heavy (non-hydrogen) atoms. The summed E-state index contributed by atoms with van der Waals surface area (Å²) in [5.74, 6) is -0.486. The summed E-state index contributed by atoms with van der Waals surface area (Å²) in [6.45, 7) is 1.77. The van der Waals surface area contributed by atoms with Gasteiger partial charge in [0.2, 0.25) is 5.91 Å². The van der Waals surface area contributed by atoms with Crippen LogP contribution < -0.4 is 10.9 Å². The fourth-order valence-corrected chi connectivity index (χ4v) is 3.40. The molecule has 0 bridgehead atoms. The number of nitrogens with zero attached hydrogens (tertiary/aromatic N) is 3. The molecule has 1 aliphatic rings. The average molecular weight is 374 g/mol. The molecule has 0 radical (unpaired) electrons. The van der Waals surface area contributed by atoms with E-state index in [1.807, 2.05) is 0 Å². The molecule has 1 aromatic carbocycles. The van der Waals surface area contributed by atoms with E-state index >= 15 is 0 Å². The average Bonchev–Trinajstić information content (AvgIpc) is 2.94. The first-order valence-electron chi connectivity index (χ1n) is 7.84. The molecule has 3 aromatic rings. The highest BCUT2D eigenvalue weighted by molar-refractivity contribution is 6.30. The zero-order chi connectivity index (χ0) is 18.4. The molecule has 1 aliphatic heterocycles. The normalized spacial score (nSPS) is 16.3. The number of halogens is 2. The van der Waals surface area contributed by atoms with Gasteiger partial charge >= 0.3 is 0 Å². The number of aromatic amines is 1. The summed E-state index contributed by atoms with van der Waals surface area (Å²) in [6, 6.07) is 7.07. The predicted octanol–water partition coefficient (Wildman–Crippen LogP) is 2.53. The number of anilines is 1. The van der Waals surface area contributed by atoms with Crippen molar-refractivity contribution in [3.8, 4) is 5.82 Å². The van der Waals surface area contributed by atoms with Crippen LogP contribution in [0.3, 0.4) is 0 Å². The number of rotatable bonds is 2. The van der Waals surface area contributed by atoms with Crippen molar-refractivity contribution in [2.24, 2.45) is 0 Å². The van der Waals surface area contributed by atoms with E-state index in [-0.39, 0.29) is 17.9 Å². The number of nitrogens with one attached hydrogen (secondary N) is 2. The Kier molecular flexibility index (Phi) is 3.84. The van der Waals surface area contributed by atoms with Crippen molar-refractivity contribution in [1.82, 2.24) is 20.0 Å². The number of carbonyl (C=O) groups excluding carboxylic acids is 1. The predicted molar refractivity (Wildman–Crippen MR) is 93.2 cm³/mol. The molecule has 4 rings (SSSR count). The lowest BCUT2D eigenvalue weighted by atomic mass is 9.85. The van der Waals surface area contributed by atoms with E-state index in [9.17, 15) is 14.0 Å². The Labute approximate surface area is 151 Å². The Balaban J connectivity index is 1.91. The lowest BCUT2D eigenvalue weighted by Gasteiger charge is -2.24.